The normalized spacial score (nSPS) is 10.7. The molecule has 0 radical (unpaired) electrons. The Kier molecular flexibility index (Phi) is 4.06. The molecule has 0 aliphatic rings. The minimum absolute atomic E-state index is 0.128. The summed E-state index contributed by atoms with van der Waals surface area (Å²) in [5.41, 5.74) is 6.18. The lowest BCUT2D eigenvalue weighted by Crippen LogP contribution is -2.17. The van der Waals surface area contributed by atoms with Crippen molar-refractivity contribution in [2.24, 2.45) is 5.73 Å². The molecule has 3 aromatic rings. The summed E-state index contributed by atoms with van der Waals surface area (Å²) in [7, 11) is 0. The first-order valence-electron chi connectivity index (χ1n) is 6.40. The van der Waals surface area contributed by atoms with Gasteiger partial charge in [-0.05, 0) is 24.3 Å². The molecule has 2 amide bonds. The van der Waals surface area contributed by atoms with E-state index in [1.807, 2.05) is 0 Å². The zero-order valence-corrected chi connectivity index (χ0v) is 13.8. The number of carbonyl (C=O) groups excluding carboxylic acids is 2. The van der Waals surface area contributed by atoms with Gasteiger partial charge in [0.15, 0.2) is 0 Å². The number of carbonyl (C=O) groups is 2. The van der Waals surface area contributed by atoms with Gasteiger partial charge in [0, 0.05) is 22.3 Å². The number of fused-ring (bicyclic) bond motifs is 1. The van der Waals surface area contributed by atoms with E-state index in [4.69, 9.17) is 21.8 Å². The molecular weight excluding hydrogens is 386 g/mol. The number of rotatable bonds is 3. The van der Waals surface area contributed by atoms with Crippen LogP contribution in [0.15, 0.2) is 45.5 Å². The maximum Gasteiger partial charge on any atom is 0.286 e. The van der Waals surface area contributed by atoms with Crippen LogP contribution >= 0.6 is 27.5 Å². The number of hydrogen-bond acceptors (Lipinski definition) is 4. The Labute approximate surface area is 143 Å². The topological polar surface area (TPSA) is 98.2 Å². The average molecular weight is 395 g/mol. The highest BCUT2D eigenvalue weighted by atomic mass is 79.9. The van der Waals surface area contributed by atoms with Gasteiger partial charge in [-0.3, -0.25) is 14.6 Å². The number of nitrogens with one attached hydrogen (secondary N) is 1. The number of furan rings is 1. The van der Waals surface area contributed by atoms with Gasteiger partial charge >= 0.3 is 0 Å². The first kappa shape index (κ1) is 15.5. The van der Waals surface area contributed by atoms with Crippen LogP contribution in [-0.4, -0.2) is 16.8 Å². The predicted molar refractivity (Wildman–Crippen MR) is 89.6 cm³/mol. The Hall–Kier alpha value is -2.38. The fraction of sp³-hybridized carbons (Fsp3) is 0. The molecule has 8 heteroatoms. The first-order chi connectivity index (χ1) is 11.0. The fourth-order valence-electron chi connectivity index (χ4n) is 2.11. The third-order valence-electron chi connectivity index (χ3n) is 3.13. The number of anilines is 1. The second-order valence-electron chi connectivity index (χ2n) is 4.62. The van der Waals surface area contributed by atoms with Gasteiger partial charge in [0.05, 0.1) is 10.6 Å². The summed E-state index contributed by atoms with van der Waals surface area (Å²) < 4.78 is 6.19. The van der Waals surface area contributed by atoms with Crippen molar-refractivity contribution in [2.75, 3.05) is 5.32 Å². The average Bonchev–Trinajstić information content (AvgIpc) is 2.86. The van der Waals surface area contributed by atoms with Crippen molar-refractivity contribution in [2.45, 2.75) is 0 Å². The minimum atomic E-state index is -0.784. The van der Waals surface area contributed by atoms with E-state index in [0.717, 1.165) is 4.47 Å². The number of benzene rings is 1. The van der Waals surface area contributed by atoms with Crippen molar-refractivity contribution in [3.63, 3.8) is 0 Å². The highest BCUT2D eigenvalue weighted by molar-refractivity contribution is 9.10. The van der Waals surface area contributed by atoms with E-state index in [1.54, 1.807) is 18.2 Å². The number of halogens is 2. The van der Waals surface area contributed by atoms with E-state index in [9.17, 15) is 9.59 Å². The Morgan fingerprint density at radius 2 is 2.09 bits per heavy atom. The maximum atomic E-state index is 12.4. The smallest absolute Gasteiger partial charge is 0.286 e. The summed E-state index contributed by atoms with van der Waals surface area (Å²) in [5.74, 6) is -1.41. The number of amides is 2. The van der Waals surface area contributed by atoms with Gasteiger partial charge in [0.1, 0.15) is 11.3 Å². The molecule has 116 valence electrons. The molecule has 1 aromatic carbocycles. The second kappa shape index (κ2) is 6.02. The van der Waals surface area contributed by atoms with E-state index in [1.165, 1.54) is 18.5 Å². The highest BCUT2D eigenvalue weighted by Gasteiger charge is 2.22. The van der Waals surface area contributed by atoms with Crippen LogP contribution in [0.25, 0.3) is 11.0 Å². The Morgan fingerprint density at radius 1 is 1.30 bits per heavy atom. The molecule has 0 unspecified atom stereocenters. The fourth-order valence-corrected chi connectivity index (χ4v) is 2.67. The minimum Gasteiger partial charge on any atom is -0.449 e. The molecule has 0 spiro atoms. The largest absolute Gasteiger partial charge is 0.449 e. The van der Waals surface area contributed by atoms with E-state index >= 15 is 0 Å². The first-order valence-corrected chi connectivity index (χ1v) is 7.57. The van der Waals surface area contributed by atoms with Gasteiger partial charge in [-0.1, -0.05) is 27.5 Å². The number of hydrogen-bond donors (Lipinski definition) is 2. The lowest BCUT2D eigenvalue weighted by molar-refractivity contribution is 0.0977. The number of pyridine rings is 1. The molecule has 3 rings (SSSR count). The molecule has 0 fully saturated rings. The van der Waals surface area contributed by atoms with Crippen molar-refractivity contribution in [1.82, 2.24) is 4.98 Å². The molecule has 0 saturated heterocycles. The molecule has 2 aromatic heterocycles. The molecule has 23 heavy (non-hydrogen) atoms. The number of nitrogens with zero attached hydrogens (tertiary/aromatic N) is 1. The third kappa shape index (κ3) is 2.93. The lowest BCUT2D eigenvalue weighted by atomic mass is 10.2. The quantitative estimate of drug-likeness (QED) is 0.709. The third-order valence-corrected chi connectivity index (χ3v) is 3.92. The number of aromatic nitrogens is 1. The molecule has 0 aliphatic carbocycles. The van der Waals surface area contributed by atoms with Crippen molar-refractivity contribution in [1.29, 1.82) is 0 Å². The molecule has 6 nitrogen and oxygen atoms in total. The molecule has 2 heterocycles. The van der Waals surface area contributed by atoms with Gasteiger partial charge in [-0.2, -0.15) is 0 Å². The molecule has 3 N–H and O–H groups in total. The monoisotopic (exact) mass is 393 g/mol. The molecule has 0 bridgehead atoms. The van der Waals surface area contributed by atoms with Gasteiger partial charge in [0.25, 0.3) is 11.8 Å². The number of primary amides is 1. The van der Waals surface area contributed by atoms with Gasteiger partial charge in [0.2, 0.25) is 5.76 Å². The van der Waals surface area contributed by atoms with Crippen LogP contribution < -0.4 is 11.1 Å². The predicted octanol–water partition coefficient (Wildman–Crippen LogP) is 3.59. The van der Waals surface area contributed by atoms with Crippen LogP contribution in [0.5, 0.6) is 0 Å². The van der Waals surface area contributed by atoms with Crippen LogP contribution in [-0.2, 0) is 0 Å². The Balaban J connectivity index is 2.10. The SMILES string of the molecule is NC(=O)c1oc2ccc(Br)cc2c1NC(=O)c1ccncc1Cl. The van der Waals surface area contributed by atoms with Gasteiger partial charge < -0.3 is 15.5 Å². The molecular formula is C15H9BrClN3O3. The molecule has 0 atom stereocenters. The lowest BCUT2D eigenvalue weighted by Gasteiger charge is -2.06. The Bertz CT molecular complexity index is 939. The number of nitrogens with two attached hydrogens (primary N) is 1. The maximum absolute atomic E-state index is 12.4. The zero-order valence-electron chi connectivity index (χ0n) is 11.5. The van der Waals surface area contributed by atoms with Crippen LogP contribution in [0, 0.1) is 0 Å². The van der Waals surface area contributed by atoms with Crippen molar-refractivity contribution < 1.29 is 14.0 Å². The van der Waals surface area contributed by atoms with Crippen molar-refractivity contribution >= 4 is 56.0 Å². The second-order valence-corrected chi connectivity index (χ2v) is 5.94. The van der Waals surface area contributed by atoms with Crippen LogP contribution in [0.3, 0.4) is 0 Å². The summed E-state index contributed by atoms with van der Waals surface area (Å²) in [4.78, 5) is 27.8. The summed E-state index contributed by atoms with van der Waals surface area (Å²) in [6.45, 7) is 0. The summed E-state index contributed by atoms with van der Waals surface area (Å²) in [6, 6.07) is 6.61. The Morgan fingerprint density at radius 3 is 2.78 bits per heavy atom. The van der Waals surface area contributed by atoms with Crippen LogP contribution in [0.4, 0.5) is 5.69 Å². The highest BCUT2D eigenvalue weighted by Crippen LogP contribution is 2.33. The van der Waals surface area contributed by atoms with E-state index in [-0.39, 0.29) is 22.0 Å². The van der Waals surface area contributed by atoms with Gasteiger partial charge in [-0.25, -0.2) is 0 Å². The summed E-state index contributed by atoms with van der Waals surface area (Å²) in [6.07, 6.45) is 2.80. The summed E-state index contributed by atoms with van der Waals surface area (Å²) >= 11 is 9.29. The van der Waals surface area contributed by atoms with Gasteiger partial charge in [-0.15, -0.1) is 0 Å². The molecule has 0 saturated carbocycles. The summed E-state index contributed by atoms with van der Waals surface area (Å²) in [5, 5.41) is 3.37. The molecule has 0 aliphatic heterocycles. The van der Waals surface area contributed by atoms with Crippen molar-refractivity contribution in [3.05, 3.63) is 57.5 Å². The van der Waals surface area contributed by atoms with E-state index in [2.05, 4.69) is 26.2 Å². The standard InChI is InChI=1S/C15H9BrClN3O3/c16-7-1-2-11-9(5-7)12(13(23-11)14(18)21)20-15(22)8-3-4-19-6-10(8)17/h1-6H,(H2,18,21)(H,20,22). The van der Waals surface area contributed by atoms with Crippen LogP contribution in [0.2, 0.25) is 5.02 Å². The van der Waals surface area contributed by atoms with Crippen LogP contribution in [0.1, 0.15) is 20.9 Å². The zero-order chi connectivity index (χ0) is 16.6. The van der Waals surface area contributed by atoms with E-state index in [0.29, 0.717) is 11.0 Å². The van der Waals surface area contributed by atoms with Crippen molar-refractivity contribution in [3.8, 4) is 0 Å². The van der Waals surface area contributed by atoms with E-state index < -0.39 is 11.8 Å².